The van der Waals surface area contributed by atoms with Crippen molar-refractivity contribution in [2.24, 2.45) is 0 Å². The molecule has 114 valence electrons. The summed E-state index contributed by atoms with van der Waals surface area (Å²) in [4.78, 5) is 14.4. The molecule has 1 fully saturated rings. The van der Waals surface area contributed by atoms with E-state index in [9.17, 15) is 4.79 Å². The molecular weight excluding hydrogens is 268 g/mol. The van der Waals surface area contributed by atoms with Gasteiger partial charge in [-0.25, -0.2) is 0 Å². The smallest absolute Gasteiger partial charge is 0.253 e. The third kappa shape index (κ3) is 2.76. The average molecular weight is 290 g/mol. The molecule has 1 aromatic carbocycles. The molecule has 0 aliphatic carbocycles. The van der Waals surface area contributed by atoms with Gasteiger partial charge >= 0.3 is 0 Å². The number of ether oxygens (including phenoxy) is 2. The molecule has 0 radical (unpaired) electrons. The zero-order valence-corrected chi connectivity index (χ0v) is 12.6. The predicted molar refractivity (Wildman–Crippen MR) is 80.9 cm³/mol. The number of methoxy groups -OCH3 is 1. The van der Waals surface area contributed by atoms with Gasteiger partial charge in [-0.2, -0.15) is 0 Å². The van der Waals surface area contributed by atoms with E-state index in [0.29, 0.717) is 0 Å². The fourth-order valence-corrected chi connectivity index (χ4v) is 2.92. The normalized spacial score (nSPS) is 19.6. The highest BCUT2D eigenvalue weighted by Crippen LogP contribution is 2.36. The number of aryl methyl sites for hydroxylation is 1. The standard InChI is InChI=1S/C16H22N2O3/c1-16(10-17-11-16)21-9-14(19)18-8-4-6-12-5-3-7-13(20-2)15(12)18/h3,5,7,17H,4,6,8-11H2,1-2H3. The Morgan fingerprint density at radius 2 is 2.24 bits per heavy atom. The van der Waals surface area contributed by atoms with Crippen LogP contribution in [0.5, 0.6) is 5.75 Å². The molecule has 0 unspecified atom stereocenters. The van der Waals surface area contributed by atoms with E-state index in [0.717, 1.165) is 43.9 Å². The van der Waals surface area contributed by atoms with Gasteiger partial charge in [0, 0.05) is 19.6 Å². The molecule has 2 heterocycles. The van der Waals surface area contributed by atoms with Gasteiger partial charge in [0.05, 0.1) is 18.4 Å². The molecule has 5 nitrogen and oxygen atoms in total. The van der Waals surface area contributed by atoms with Crippen LogP contribution in [-0.4, -0.2) is 44.9 Å². The molecule has 21 heavy (non-hydrogen) atoms. The summed E-state index contributed by atoms with van der Waals surface area (Å²) >= 11 is 0. The van der Waals surface area contributed by atoms with Crippen LogP contribution in [-0.2, 0) is 16.0 Å². The molecule has 0 spiro atoms. The van der Waals surface area contributed by atoms with Gasteiger partial charge in [0.15, 0.2) is 0 Å². The Balaban J connectivity index is 1.76. The van der Waals surface area contributed by atoms with Crippen LogP contribution in [0.25, 0.3) is 0 Å². The molecule has 5 heteroatoms. The van der Waals surface area contributed by atoms with Crippen molar-refractivity contribution in [3.63, 3.8) is 0 Å². The van der Waals surface area contributed by atoms with Crippen molar-refractivity contribution in [1.82, 2.24) is 5.32 Å². The van der Waals surface area contributed by atoms with Gasteiger partial charge in [0.1, 0.15) is 12.4 Å². The minimum atomic E-state index is -0.199. The van der Waals surface area contributed by atoms with Gasteiger partial charge in [-0.05, 0) is 31.4 Å². The summed E-state index contributed by atoms with van der Waals surface area (Å²) < 4.78 is 11.2. The Hall–Kier alpha value is -1.59. The Labute approximate surface area is 125 Å². The number of hydrogen-bond donors (Lipinski definition) is 1. The molecule has 1 N–H and O–H groups in total. The molecule has 0 saturated carbocycles. The van der Waals surface area contributed by atoms with Gasteiger partial charge in [0.25, 0.3) is 5.91 Å². The first-order chi connectivity index (χ1) is 10.1. The molecule has 2 aliphatic heterocycles. The maximum atomic E-state index is 12.5. The van der Waals surface area contributed by atoms with Crippen molar-refractivity contribution in [3.05, 3.63) is 23.8 Å². The number of carbonyl (C=O) groups excluding carboxylic acids is 1. The zero-order valence-electron chi connectivity index (χ0n) is 12.6. The number of benzene rings is 1. The van der Waals surface area contributed by atoms with Crippen LogP contribution in [0.4, 0.5) is 5.69 Å². The van der Waals surface area contributed by atoms with Gasteiger partial charge < -0.3 is 19.7 Å². The Bertz CT molecular complexity index is 526. The maximum absolute atomic E-state index is 12.5. The number of amides is 1. The van der Waals surface area contributed by atoms with Gasteiger partial charge in [-0.15, -0.1) is 0 Å². The SMILES string of the molecule is COc1cccc2c1N(C(=O)COC1(C)CNC1)CCC2. The van der Waals surface area contributed by atoms with E-state index in [1.54, 1.807) is 7.11 Å². The Morgan fingerprint density at radius 3 is 2.90 bits per heavy atom. The summed E-state index contributed by atoms with van der Waals surface area (Å²) in [6, 6.07) is 5.95. The Morgan fingerprint density at radius 1 is 1.43 bits per heavy atom. The second-order valence-corrected chi connectivity index (χ2v) is 5.96. The highest BCUT2D eigenvalue weighted by atomic mass is 16.5. The molecule has 0 bridgehead atoms. The van der Waals surface area contributed by atoms with Crippen LogP contribution in [0.2, 0.25) is 0 Å². The number of rotatable bonds is 4. The summed E-state index contributed by atoms with van der Waals surface area (Å²) in [6.45, 7) is 4.49. The van der Waals surface area contributed by atoms with E-state index in [1.807, 2.05) is 24.0 Å². The van der Waals surface area contributed by atoms with Crippen LogP contribution in [0.1, 0.15) is 18.9 Å². The molecule has 0 aromatic heterocycles. The lowest BCUT2D eigenvalue weighted by molar-refractivity contribution is -0.133. The maximum Gasteiger partial charge on any atom is 0.253 e. The molecular formula is C16H22N2O3. The first-order valence-electron chi connectivity index (χ1n) is 7.44. The number of fused-ring (bicyclic) bond motifs is 1. The fourth-order valence-electron chi connectivity index (χ4n) is 2.92. The highest BCUT2D eigenvalue weighted by molar-refractivity contribution is 5.97. The molecule has 1 saturated heterocycles. The second-order valence-electron chi connectivity index (χ2n) is 5.96. The number of carbonyl (C=O) groups is 1. The van der Waals surface area contributed by atoms with Crippen molar-refractivity contribution in [1.29, 1.82) is 0 Å². The predicted octanol–water partition coefficient (Wildman–Crippen LogP) is 1.35. The second kappa shape index (κ2) is 5.66. The Kier molecular flexibility index (Phi) is 3.87. The number of nitrogens with zero attached hydrogens (tertiary/aromatic N) is 1. The minimum Gasteiger partial charge on any atom is -0.495 e. The lowest BCUT2D eigenvalue weighted by atomic mass is 10.00. The van der Waals surface area contributed by atoms with E-state index in [-0.39, 0.29) is 18.1 Å². The van der Waals surface area contributed by atoms with Crippen LogP contribution in [0.3, 0.4) is 0 Å². The van der Waals surface area contributed by atoms with E-state index in [1.165, 1.54) is 5.56 Å². The van der Waals surface area contributed by atoms with Gasteiger partial charge in [0.2, 0.25) is 0 Å². The highest BCUT2D eigenvalue weighted by Gasteiger charge is 2.34. The monoisotopic (exact) mass is 290 g/mol. The lowest BCUT2D eigenvalue weighted by Gasteiger charge is -2.39. The topological polar surface area (TPSA) is 50.8 Å². The van der Waals surface area contributed by atoms with Gasteiger partial charge in [-0.3, -0.25) is 4.79 Å². The summed E-state index contributed by atoms with van der Waals surface area (Å²) in [6.07, 6.45) is 1.96. The lowest BCUT2D eigenvalue weighted by Crippen LogP contribution is -2.59. The third-order valence-corrected chi connectivity index (χ3v) is 4.24. The van der Waals surface area contributed by atoms with Crippen LogP contribution < -0.4 is 15.0 Å². The van der Waals surface area contributed by atoms with Crippen molar-refractivity contribution in [3.8, 4) is 5.75 Å². The molecule has 1 amide bonds. The quantitative estimate of drug-likeness (QED) is 0.909. The van der Waals surface area contributed by atoms with E-state index in [2.05, 4.69) is 11.4 Å². The number of para-hydroxylation sites is 1. The summed E-state index contributed by atoms with van der Waals surface area (Å²) in [5.74, 6) is 0.769. The first kappa shape index (κ1) is 14.4. The molecule has 1 aromatic rings. The van der Waals surface area contributed by atoms with Crippen molar-refractivity contribution in [2.45, 2.75) is 25.4 Å². The van der Waals surface area contributed by atoms with E-state index in [4.69, 9.17) is 9.47 Å². The fraction of sp³-hybridized carbons (Fsp3) is 0.562. The largest absolute Gasteiger partial charge is 0.495 e. The minimum absolute atomic E-state index is 0.00794. The van der Waals surface area contributed by atoms with Crippen molar-refractivity contribution in [2.75, 3.05) is 38.3 Å². The summed E-state index contributed by atoms with van der Waals surface area (Å²) in [7, 11) is 1.64. The van der Waals surface area contributed by atoms with Crippen LogP contribution in [0.15, 0.2) is 18.2 Å². The van der Waals surface area contributed by atoms with Gasteiger partial charge in [-0.1, -0.05) is 12.1 Å². The van der Waals surface area contributed by atoms with Crippen LogP contribution in [0, 0.1) is 0 Å². The number of hydrogen-bond acceptors (Lipinski definition) is 4. The number of nitrogens with one attached hydrogen (secondary N) is 1. The number of anilines is 1. The van der Waals surface area contributed by atoms with E-state index < -0.39 is 0 Å². The molecule has 2 aliphatic rings. The third-order valence-electron chi connectivity index (χ3n) is 4.24. The molecule has 3 rings (SSSR count). The van der Waals surface area contributed by atoms with Crippen molar-refractivity contribution < 1.29 is 14.3 Å². The summed E-state index contributed by atoms with van der Waals surface area (Å²) in [5.41, 5.74) is 1.89. The molecule has 0 atom stereocenters. The summed E-state index contributed by atoms with van der Waals surface area (Å²) in [5, 5.41) is 3.17. The average Bonchev–Trinajstić information content (AvgIpc) is 2.49. The van der Waals surface area contributed by atoms with E-state index >= 15 is 0 Å². The van der Waals surface area contributed by atoms with Crippen molar-refractivity contribution >= 4 is 11.6 Å². The van der Waals surface area contributed by atoms with Crippen LogP contribution >= 0.6 is 0 Å². The zero-order chi connectivity index (χ0) is 14.9. The first-order valence-corrected chi connectivity index (χ1v) is 7.44.